The molecule has 30 atom stereocenters. The van der Waals surface area contributed by atoms with Crippen molar-refractivity contribution in [1.82, 2.24) is 16.0 Å². The summed E-state index contributed by atoms with van der Waals surface area (Å²) in [5.41, 5.74) is 0. The monoisotopic (exact) mass is 1110 g/mol. The Hall–Kier alpha value is -2.71. The minimum Gasteiger partial charge on any atom is -0.394 e. The van der Waals surface area contributed by atoms with Crippen LogP contribution in [-0.2, 0) is 66.5 Å². The van der Waals surface area contributed by atoms with Gasteiger partial charge in [-0.1, -0.05) is 0 Å². The Balaban J connectivity index is 1.13. The molecule has 6 saturated heterocycles. The molecule has 0 radical (unpaired) electrons. The Bertz CT molecular complexity index is 1870. The van der Waals surface area contributed by atoms with Crippen LogP contribution in [0.15, 0.2) is 0 Å². The zero-order chi connectivity index (χ0) is 56.2. The number of amides is 3. The lowest BCUT2D eigenvalue weighted by molar-refractivity contribution is -0.363. The lowest BCUT2D eigenvalue weighted by Gasteiger charge is -2.48. The molecule has 0 aromatic carbocycles. The Labute approximate surface area is 431 Å². The van der Waals surface area contributed by atoms with Crippen LogP contribution in [0.1, 0.15) is 20.8 Å². The number of carbonyl (C=O) groups excluding carboxylic acids is 3. The van der Waals surface area contributed by atoms with Crippen LogP contribution < -0.4 is 16.0 Å². The smallest absolute Gasteiger partial charge is 0.217 e. The molecule has 440 valence electrons. The SMILES string of the molecule is CC(=O)N[C@@H]1[C@@H](O[C@@H]2O[C@H](CO)[C@H](O)[C@H](O)[C@H]2O)[C@@H](O)[C@@H](CO[C@@H]2O[C@H](CO)[C@@H](O[C@@H]3O[C@H](CO[C@@H]4O[C@H](CO)[C@@H](O[C@@H]5O[C@H](CO)[C@H](O)[C@H](O)[C@H]5O)[C@H](O)[C@H]4NC(C)=O)[C@H](O)[C@H](O)[C@H]3O)[C@H](O)[C@H]2NC(C)=O)O[C@H]1O. The van der Waals surface area contributed by atoms with E-state index in [1.54, 1.807) is 0 Å². The van der Waals surface area contributed by atoms with Crippen LogP contribution in [-0.4, -0.2) is 328 Å². The molecule has 34 nitrogen and oxygen atoms in total. The first kappa shape index (κ1) is 62.5. The number of ether oxygens (including phenoxy) is 11. The number of aliphatic hydroxyl groups excluding tert-OH is 17. The predicted molar refractivity (Wildman–Crippen MR) is 234 cm³/mol. The van der Waals surface area contributed by atoms with Gasteiger partial charge in [-0.25, -0.2) is 0 Å². The summed E-state index contributed by atoms with van der Waals surface area (Å²) in [4.78, 5) is 37.0. The molecule has 6 aliphatic rings. The summed E-state index contributed by atoms with van der Waals surface area (Å²) in [5, 5.41) is 188. The van der Waals surface area contributed by atoms with Gasteiger partial charge in [-0.2, -0.15) is 0 Å². The number of rotatable bonds is 19. The quantitative estimate of drug-likeness (QED) is 0.0571. The Morgan fingerprint density at radius 3 is 1.00 bits per heavy atom. The van der Waals surface area contributed by atoms with E-state index in [0.29, 0.717) is 0 Å². The molecule has 0 aromatic rings. The molecule has 34 heteroatoms. The van der Waals surface area contributed by atoms with E-state index in [9.17, 15) is 101 Å². The van der Waals surface area contributed by atoms with Crippen molar-refractivity contribution in [1.29, 1.82) is 0 Å². The predicted octanol–water partition coefficient (Wildman–Crippen LogP) is -13.7. The molecule has 6 fully saturated rings. The van der Waals surface area contributed by atoms with Crippen molar-refractivity contribution in [3.63, 3.8) is 0 Å². The van der Waals surface area contributed by atoms with Crippen molar-refractivity contribution >= 4 is 17.7 Å². The number of hydrogen-bond donors (Lipinski definition) is 20. The fourth-order valence-corrected chi connectivity index (χ4v) is 9.52. The van der Waals surface area contributed by atoms with Gasteiger partial charge in [0.15, 0.2) is 37.7 Å². The second-order valence-corrected chi connectivity index (χ2v) is 19.0. The molecule has 0 spiro atoms. The maximum atomic E-state index is 12.5. The summed E-state index contributed by atoms with van der Waals surface area (Å²) in [7, 11) is 0. The molecule has 6 aliphatic heterocycles. The Morgan fingerprint density at radius 2 is 0.645 bits per heavy atom. The molecule has 3 amide bonds. The summed E-state index contributed by atoms with van der Waals surface area (Å²) in [6.07, 6.45) is -49.3. The zero-order valence-electron chi connectivity index (χ0n) is 40.9. The van der Waals surface area contributed by atoms with E-state index in [1.165, 1.54) is 0 Å². The van der Waals surface area contributed by atoms with E-state index in [-0.39, 0.29) is 0 Å². The summed E-state index contributed by atoms with van der Waals surface area (Å²) in [6.45, 7) is -2.11. The first-order valence-corrected chi connectivity index (χ1v) is 24.1. The Morgan fingerprint density at radius 1 is 0.342 bits per heavy atom. The van der Waals surface area contributed by atoms with E-state index in [0.717, 1.165) is 20.8 Å². The fourth-order valence-electron chi connectivity index (χ4n) is 9.52. The first-order chi connectivity index (χ1) is 35.9. The highest BCUT2D eigenvalue weighted by Crippen LogP contribution is 2.35. The van der Waals surface area contributed by atoms with Crippen LogP contribution >= 0.6 is 0 Å². The van der Waals surface area contributed by atoms with E-state index in [2.05, 4.69) is 16.0 Å². The Kier molecular flexibility index (Phi) is 22.3. The molecule has 0 bridgehead atoms. The minimum atomic E-state index is -2.12. The van der Waals surface area contributed by atoms with Gasteiger partial charge >= 0.3 is 0 Å². The average molecular weight is 1110 g/mol. The normalized spacial score (nSPS) is 48.2. The summed E-state index contributed by atoms with van der Waals surface area (Å²) >= 11 is 0. The lowest BCUT2D eigenvalue weighted by atomic mass is 9.94. The van der Waals surface area contributed by atoms with Crippen molar-refractivity contribution in [3.8, 4) is 0 Å². The lowest BCUT2D eigenvalue weighted by Crippen LogP contribution is -2.69. The molecule has 0 saturated carbocycles. The number of carbonyl (C=O) groups is 3. The summed E-state index contributed by atoms with van der Waals surface area (Å²) in [6, 6.07) is -4.84. The number of hydrogen-bond acceptors (Lipinski definition) is 31. The summed E-state index contributed by atoms with van der Waals surface area (Å²) in [5.74, 6) is -2.32. The van der Waals surface area contributed by atoms with Crippen molar-refractivity contribution in [2.75, 3.05) is 39.6 Å². The molecule has 0 aliphatic carbocycles. The van der Waals surface area contributed by atoms with Crippen molar-refractivity contribution in [3.05, 3.63) is 0 Å². The number of nitrogens with one attached hydrogen (secondary N) is 3. The highest BCUT2D eigenvalue weighted by atomic mass is 16.8. The van der Waals surface area contributed by atoms with Crippen molar-refractivity contribution in [2.45, 2.75) is 205 Å². The van der Waals surface area contributed by atoms with Gasteiger partial charge in [0.2, 0.25) is 17.7 Å². The second-order valence-electron chi connectivity index (χ2n) is 19.0. The molecule has 6 heterocycles. The van der Waals surface area contributed by atoms with Gasteiger partial charge in [-0.15, -0.1) is 0 Å². The third kappa shape index (κ3) is 13.9. The standard InChI is InChI=1S/C42H71N3O31/c1-10(50)43-19-26(57)34(74-40-31(62)28(59)22(53)13(4-46)69-40)15(6-48)71-38(19)66-8-17-24(55)30(61)33(64)42(73-17)75-35-16(7-49)72-39(20(27(35)58)44-11(2)51)67-9-18-25(56)36(21(37(65)68-18)45-12(3)52)76-41-32(63)29(60)23(54)14(5-47)70-41/h13-42,46-49,53-65H,4-9H2,1-3H3,(H,43,50)(H,44,51)(H,45,52)/t13-,14-,15-,16-,17-,18-,19-,20-,21-,22+,23+,24+,25+,26-,27-,28+,29+,30+,31-,32-,33-,34-,35-,36-,37-,38-,39-,40+,41+,42+/m1/s1. The van der Waals surface area contributed by atoms with Gasteiger partial charge in [0, 0.05) is 20.8 Å². The van der Waals surface area contributed by atoms with Crippen molar-refractivity contribution in [2.24, 2.45) is 0 Å². The van der Waals surface area contributed by atoms with Crippen molar-refractivity contribution < 1.29 is 153 Å². The van der Waals surface area contributed by atoms with Crippen LogP contribution in [0.4, 0.5) is 0 Å². The van der Waals surface area contributed by atoms with Gasteiger partial charge < -0.3 is 155 Å². The van der Waals surface area contributed by atoms with Gasteiger partial charge in [0.05, 0.1) is 39.6 Å². The first-order valence-electron chi connectivity index (χ1n) is 24.1. The second kappa shape index (κ2) is 27.2. The summed E-state index contributed by atoms with van der Waals surface area (Å²) < 4.78 is 62.6. The minimum absolute atomic E-state index is 0.753. The third-order valence-corrected chi connectivity index (χ3v) is 13.6. The van der Waals surface area contributed by atoms with E-state index >= 15 is 0 Å². The van der Waals surface area contributed by atoms with Crippen LogP contribution in [0.2, 0.25) is 0 Å². The van der Waals surface area contributed by atoms with Crippen LogP contribution in [0, 0.1) is 0 Å². The highest BCUT2D eigenvalue weighted by Gasteiger charge is 2.56. The number of aliphatic hydroxyl groups is 17. The van der Waals surface area contributed by atoms with Gasteiger partial charge in [-0.3, -0.25) is 14.4 Å². The third-order valence-electron chi connectivity index (χ3n) is 13.6. The van der Waals surface area contributed by atoms with E-state index in [1.807, 2.05) is 0 Å². The van der Waals surface area contributed by atoms with Gasteiger partial charge in [0.25, 0.3) is 0 Å². The molecular weight excluding hydrogens is 1040 g/mol. The largest absolute Gasteiger partial charge is 0.394 e. The van der Waals surface area contributed by atoms with Gasteiger partial charge in [0.1, 0.15) is 146 Å². The molecule has 20 N–H and O–H groups in total. The molecule has 0 aromatic heterocycles. The molecule has 76 heavy (non-hydrogen) atoms. The van der Waals surface area contributed by atoms with Crippen LogP contribution in [0.25, 0.3) is 0 Å². The van der Waals surface area contributed by atoms with Crippen LogP contribution in [0.3, 0.4) is 0 Å². The van der Waals surface area contributed by atoms with Crippen LogP contribution in [0.5, 0.6) is 0 Å². The molecular formula is C42H71N3O31. The topological polar surface area (TPSA) is 533 Å². The average Bonchev–Trinajstić information content (AvgIpc) is 3.37. The highest BCUT2D eigenvalue weighted by molar-refractivity contribution is 5.74. The fraction of sp³-hybridized carbons (Fsp3) is 0.929. The maximum Gasteiger partial charge on any atom is 0.217 e. The van der Waals surface area contributed by atoms with E-state index in [4.69, 9.17) is 52.1 Å². The zero-order valence-corrected chi connectivity index (χ0v) is 40.9. The molecule has 6 rings (SSSR count). The molecule has 0 unspecified atom stereocenters. The maximum absolute atomic E-state index is 12.5. The van der Waals surface area contributed by atoms with Gasteiger partial charge in [-0.05, 0) is 0 Å². The van der Waals surface area contributed by atoms with E-state index < -0.39 is 241 Å².